The van der Waals surface area contributed by atoms with Crippen LogP contribution in [-0.4, -0.2) is 28.7 Å². The van der Waals surface area contributed by atoms with Crippen molar-refractivity contribution in [3.05, 3.63) is 35.4 Å². The molecule has 3 amide bonds. The highest BCUT2D eigenvalue weighted by Crippen LogP contribution is 2.36. The molecule has 1 aromatic carbocycles. The average molecular weight is 299 g/mol. The molecule has 2 aliphatic rings. The molecular weight excluding hydrogens is 278 g/mol. The molecule has 1 saturated heterocycles. The van der Waals surface area contributed by atoms with Crippen molar-refractivity contribution in [1.82, 2.24) is 10.3 Å². The fourth-order valence-corrected chi connectivity index (χ4v) is 3.08. The lowest BCUT2D eigenvalue weighted by molar-refractivity contribution is -0.132. The van der Waals surface area contributed by atoms with E-state index in [1.807, 2.05) is 31.2 Å². The summed E-state index contributed by atoms with van der Waals surface area (Å²) in [6.07, 6.45) is 4.88. The standard InChI is InChI=1S/C17H21N3O2/c1-12-3-5-14(6-4-12)11-18-20-15(21)17(19-16(20)22)9-7-13(2)8-10-17/h3-6,11,13H,7-10H2,1-2H3,(H,19,22)/b18-11+. The third-order valence-electron chi connectivity index (χ3n) is 4.67. The van der Waals surface area contributed by atoms with Crippen LogP contribution in [0.2, 0.25) is 0 Å². The first-order valence-electron chi connectivity index (χ1n) is 7.77. The number of hydrogen-bond acceptors (Lipinski definition) is 3. The molecule has 22 heavy (non-hydrogen) atoms. The van der Waals surface area contributed by atoms with E-state index in [0.717, 1.165) is 29.0 Å². The van der Waals surface area contributed by atoms with Crippen molar-refractivity contribution in [2.24, 2.45) is 11.0 Å². The maximum atomic E-state index is 12.6. The summed E-state index contributed by atoms with van der Waals surface area (Å²) in [4.78, 5) is 24.7. The predicted molar refractivity (Wildman–Crippen MR) is 84.5 cm³/mol. The molecule has 5 nitrogen and oxygen atoms in total. The molecule has 1 aliphatic carbocycles. The Kier molecular flexibility index (Phi) is 3.72. The monoisotopic (exact) mass is 299 g/mol. The average Bonchev–Trinajstić information content (AvgIpc) is 2.73. The van der Waals surface area contributed by atoms with E-state index in [2.05, 4.69) is 17.3 Å². The number of rotatable bonds is 2. The fraction of sp³-hybridized carbons (Fsp3) is 0.471. The van der Waals surface area contributed by atoms with Gasteiger partial charge >= 0.3 is 6.03 Å². The second kappa shape index (κ2) is 5.55. The number of hydrazone groups is 1. The van der Waals surface area contributed by atoms with Crippen LogP contribution in [-0.2, 0) is 4.79 Å². The number of amides is 3. The Hall–Kier alpha value is -2.17. The third kappa shape index (κ3) is 2.63. The molecule has 0 atom stereocenters. The van der Waals surface area contributed by atoms with Crippen LogP contribution in [0.5, 0.6) is 0 Å². The molecule has 1 saturated carbocycles. The highest BCUT2D eigenvalue weighted by Gasteiger charge is 2.52. The molecule has 0 aromatic heterocycles. The molecule has 1 heterocycles. The maximum Gasteiger partial charge on any atom is 0.346 e. The van der Waals surface area contributed by atoms with E-state index < -0.39 is 11.6 Å². The summed E-state index contributed by atoms with van der Waals surface area (Å²) in [6, 6.07) is 7.35. The summed E-state index contributed by atoms with van der Waals surface area (Å²) in [5.41, 5.74) is 1.29. The zero-order valence-corrected chi connectivity index (χ0v) is 13.0. The van der Waals surface area contributed by atoms with Gasteiger partial charge in [0, 0.05) is 0 Å². The van der Waals surface area contributed by atoms with E-state index in [1.165, 1.54) is 0 Å². The molecule has 3 rings (SSSR count). The number of carbonyl (C=O) groups is 2. The van der Waals surface area contributed by atoms with E-state index in [9.17, 15) is 9.59 Å². The molecule has 1 aromatic rings. The van der Waals surface area contributed by atoms with Gasteiger partial charge in [-0.05, 0) is 44.1 Å². The second-order valence-electron chi connectivity index (χ2n) is 6.47. The minimum absolute atomic E-state index is 0.215. The Balaban J connectivity index is 1.76. The summed E-state index contributed by atoms with van der Waals surface area (Å²) in [5.74, 6) is 0.396. The van der Waals surface area contributed by atoms with Crippen LogP contribution in [0.25, 0.3) is 0 Å². The Morgan fingerprint density at radius 2 is 1.86 bits per heavy atom. The van der Waals surface area contributed by atoms with Gasteiger partial charge in [-0.1, -0.05) is 36.8 Å². The fourth-order valence-electron chi connectivity index (χ4n) is 3.08. The van der Waals surface area contributed by atoms with E-state index in [0.29, 0.717) is 18.8 Å². The molecule has 1 N–H and O–H groups in total. The predicted octanol–water partition coefficient (Wildman–Crippen LogP) is 2.83. The van der Waals surface area contributed by atoms with Gasteiger partial charge in [-0.25, -0.2) is 4.79 Å². The summed E-state index contributed by atoms with van der Waals surface area (Å²) < 4.78 is 0. The molecule has 0 radical (unpaired) electrons. The molecule has 5 heteroatoms. The summed E-state index contributed by atoms with van der Waals surface area (Å²) >= 11 is 0. The lowest BCUT2D eigenvalue weighted by atomic mass is 9.77. The lowest BCUT2D eigenvalue weighted by Crippen LogP contribution is -2.49. The minimum atomic E-state index is -0.728. The number of benzene rings is 1. The topological polar surface area (TPSA) is 61.8 Å². The van der Waals surface area contributed by atoms with Crippen molar-refractivity contribution in [3.8, 4) is 0 Å². The van der Waals surface area contributed by atoms with Crippen molar-refractivity contribution in [2.75, 3.05) is 0 Å². The SMILES string of the molecule is Cc1ccc(/C=N/N2C(=O)NC3(CCC(C)CC3)C2=O)cc1. The number of nitrogens with one attached hydrogen (secondary N) is 1. The molecular formula is C17H21N3O2. The van der Waals surface area contributed by atoms with Gasteiger partial charge in [0.2, 0.25) is 0 Å². The highest BCUT2D eigenvalue weighted by atomic mass is 16.2. The van der Waals surface area contributed by atoms with E-state index in [4.69, 9.17) is 0 Å². The number of aryl methyl sites for hydroxylation is 1. The van der Waals surface area contributed by atoms with Gasteiger partial charge in [0.15, 0.2) is 0 Å². The van der Waals surface area contributed by atoms with Crippen LogP contribution in [0, 0.1) is 12.8 Å². The first-order chi connectivity index (χ1) is 10.5. The van der Waals surface area contributed by atoms with Gasteiger partial charge in [0.1, 0.15) is 5.54 Å². The largest absolute Gasteiger partial charge is 0.346 e. The van der Waals surface area contributed by atoms with Crippen LogP contribution in [0.15, 0.2) is 29.4 Å². The molecule has 1 aliphatic heterocycles. The summed E-state index contributed by atoms with van der Waals surface area (Å²) in [7, 11) is 0. The van der Waals surface area contributed by atoms with Crippen LogP contribution < -0.4 is 5.32 Å². The van der Waals surface area contributed by atoms with Gasteiger partial charge in [-0.15, -0.1) is 5.01 Å². The van der Waals surface area contributed by atoms with E-state index in [-0.39, 0.29) is 5.91 Å². The van der Waals surface area contributed by atoms with Crippen LogP contribution in [0.3, 0.4) is 0 Å². The van der Waals surface area contributed by atoms with Gasteiger partial charge < -0.3 is 5.32 Å². The first kappa shape index (κ1) is 14.8. The highest BCUT2D eigenvalue weighted by molar-refractivity contribution is 6.07. The van der Waals surface area contributed by atoms with Gasteiger partial charge in [0.25, 0.3) is 5.91 Å². The molecule has 116 valence electrons. The Bertz CT molecular complexity index is 613. The van der Waals surface area contributed by atoms with E-state index in [1.54, 1.807) is 6.21 Å². The van der Waals surface area contributed by atoms with Crippen LogP contribution in [0.4, 0.5) is 4.79 Å². The van der Waals surface area contributed by atoms with Crippen molar-refractivity contribution < 1.29 is 9.59 Å². The Morgan fingerprint density at radius 3 is 2.50 bits per heavy atom. The van der Waals surface area contributed by atoms with Crippen molar-refractivity contribution in [2.45, 2.75) is 45.1 Å². The first-order valence-corrected chi connectivity index (χ1v) is 7.77. The maximum absolute atomic E-state index is 12.6. The van der Waals surface area contributed by atoms with Crippen LogP contribution in [0.1, 0.15) is 43.7 Å². The van der Waals surface area contributed by atoms with Gasteiger partial charge in [-0.3, -0.25) is 4.79 Å². The number of urea groups is 1. The molecule has 1 spiro atoms. The smallest absolute Gasteiger partial charge is 0.321 e. The molecule has 0 bridgehead atoms. The second-order valence-corrected chi connectivity index (χ2v) is 6.47. The van der Waals surface area contributed by atoms with Crippen molar-refractivity contribution in [3.63, 3.8) is 0 Å². The molecule has 0 unspecified atom stereocenters. The third-order valence-corrected chi connectivity index (χ3v) is 4.67. The quantitative estimate of drug-likeness (QED) is 0.674. The normalized spacial score (nSPS) is 28.6. The Morgan fingerprint density at radius 1 is 1.23 bits per heavy atom. The number of carbonyl (C=O) groups excluding carboxylic acids is 2. The van der Waals surface area contributed by atoms with Crippen molar-refractivity contribution >= 4 is 18.2 Å². The summed E-state index contributed by atoms with van der Waals surface area (Å²) in [6.45, 7) is 4.19. The zero-order valence-electron chi connectivity index (χ0n) is 13.0. The zero-order chi connectivity index (χ0) is 15.7. The summed E-state index contributed by atoms with van der Waals surface area (Å²) in [5, 5.41) is 7.94. The number of imide groups is 1. The van der Waals surface area contributed by atoms with Gasteiger partial charge in [0.05, 0.1) is 6.21 Å². The Labute approximate surface area is 130 Å². The number of hydrogen-bond donors (Lipinski definition) is 1. The van der Waals surface area contributed by atoms with Gasteiger partial charge in [-0.2, -0.15) is 5.10 Å². The van der Waals surface area contributed by atoms with Crippen LogP contribution >= 0.6 is 0 Å². The van der Waals surface area contributed by atoms with Crippen molar-refractivity contribution in [1.29, 1.82) is 0 Å². The lowest BCUT2D eigenvalue weighted by Gasteiger charge is -2.33. The van der Waals surface area contributed by atoms with E-state index >= 15 is 0 Å². The molecule has 2 fully saturated rings. The number of nitrogens with zero attached hydrogens (tertiary/aromatic N) is 2. The minimum Gasteiger partial charge on any atom is -0.321 e.